The van der Waals surface area contributed by atoms with E-state index in [1.807, 2.05) is 22.8 Å². The van der Waals surface area contributed by atoms with Crippen LogP contribution in [-0.4, -0.2) is 15.6 Å². The molecule has 0 amide bonds. The summed E-state index contributed by atoms with van der Waals surface area (Å²) in [5, 5.41) is 0. The number of rotatable bonds is 3. The molecule has 0 atom stereocenters. The van der Waals surface area contributed by atoms with Crippen molar-refractivity contribution in [3.8, 4) is 0 Å². The van der Waals surface area contributed by atoms with E-state index in [1.165, 1.54) is 0 Å². The van der Waals surface area contributed by atoms with Gasteiger partial charge in [-0.05, 0) is 43.4 Å². The summed E-state index contributed by atoms with van der Waals surface area (Å²) < 4.78 is 1.85. The van der Waals surface area contributed by atoms with Crippen molar-refractivity contribution in [3.05, 3.63) is 34.2 Å². The minimum atomic E-state index is -0.436. The van der Waals surface area contributed by atoms with Gasteiger partial charge in [0.1, 0.15) is 0 Å². The van der Waals surface area contributed by atoms with Crippen LogP contribution in [0.3, 0.4) is 0 Å². The highest BCUT2D eigenvalue weighted by molar-refractivity contribution is 5.77. The molecule has 0 radical (unpaired) electrons. The number of isocyanates is 1. The summed E-state index contributed by atoms with van der Waals surface area (Å²) in [6.45, 7) is 0. The lowest BCUT2D eigenvalue weighted by atomic mass is 9.89. The standard InChI is InChI=1S/C16H17N3O2/c20-10-17-16(7-1-2-8-16)11-3-6-14-13(9-11)18-15(21)19(14)12-4-5-12/h3,6,9,12H,1-2,4-5,7-8H2,(H,18,21). The lowest BCUT2D eigenvalue weighted by molar-refractivity contribution is 0.456. The summed E-state index contributed by atoms with van der Waals surface area (Å²) >= 11 is 0. The highest BCUT2D eigenvalue weighted by atomic mass is 16.1. The highest BCUT2D eigenvalue weighted by Crippen LogP contribution is 2.43. The van der Waals surface area contributed by atoms with Crippen molar-refractivity contribution in [2.75, 3.05) is 0 Å². The van der Waals surface area contributed by atoms with Crippen LogP contribution in [0.5, 0.6) is 0 Å². The number of hydrogen-bond acceptors (Lipinski definition) is 3. The van der Waals surface area contributed by atoms with Gasteiger partial charge in [0.25, 0.3) is 0 Å². The van der Waals surface area contributed by atoms with Crippen LogP contribution in [0.15, 0.2) is 28.0 Å². The lowest BCUT2D eigenvalue weighted by Crippen LogP contribution is -2.18. The molecule has 1 aromatic heterocycles. The largest absolute Gasteiger partial charge is 0.326 e. The molecule has 0 unspecified atom stereocenters. The Morgan fingerprint density at radius 3 is 2.71 bits per heavy atom. The SMILES string of the molecule is O=C=NC1(c2ccc3c(c2)[nH]c(=O)n3C2CC2)CCCC1. The zero-order valence-corrected chi connectivity index (χ0v) is 11.8. The quantitative estimate of drug-likeness (QED) is 0.695. The van der Waals surface area contributed by atoms with E-state index in [0.29, 0.717) is 6.04 Å². The predicted molar refractivity (Wildman–Crippen MR) is 79.1 cm³/mol. The Hall–Kier alpha value is -2.13. The molecule has 2 fully saturated rings. The normalized spacial score (nSPS) is 20.6. The fraction of sp³-hybridized carbons (Fsp3) is 0.500. The number of aromatic nitrogens is 2. The smallest absolute Gasteiger partial charge is 0.306 e. The van der Waals surface area contributed by atoms with Crippen LogP contribution in [-0.2, 0) is 10.3 Å². The molecule has 5 heteroatoms. The summed E-state index contributed by atoms with van der Waals surface area (Å²) in [4.78, 5) is 29.9. The molecule has 0 saturated heterocycles. The zero-order chi connectivity index (χ0) is 14.4. The lowest BCUT2D eigenvalue weighted by Gasteiger charge is -2.22. The Morgan fingerprint density at radius 1 is 1.29 bits per heavy atom. The first-order valence-electron chi connectivity index (χ1n) is 7.57. The summed E-state index contributed by atoms with van der Waals surface area (Å²) in [6, 6.07) is 6.34. The molecule has 2 aliphatic carbocycles. The van der Waals surface area contributed by atoms with Crippen LogP contribution < -0.4 is 5.69 Å². The molecule has 0 bridgehead atoms. The number of imidazole rings is 1. The molecule has 21 heavy (non-hydrogen) atoms. The average molecular weight is 283 g/mol. The summed E-state index contributed by atoms with van der Waals surface area (Å²) in [6.07, 6.45) is 7.79. The second-order valence-corrected chi connectivity index (χ2v) is 6.21. The van der Waals surface area contributed by atoms with Crippen LogP contribution >= 0.6 is 0 Å². The minimum Gasteiger partial charge on any atom is -0.306 e. The van der Waals surface area contributed by atoms with Gasteiger partial charge < -0.3 is 4.98 Å². The molecule has 2 saturated carbocycles. The molecular weight excluding hydrogens is 266 g/mol. The van der Waals surface area contributed by atoms with E-state index in [-0.39, 0.29) is 5.69 Å². The number of carbonyl (C=O) groups excluding carboxylic acids is 1. The van der Waals surface area contributed by atoms with E-state index in [2.05, 4.69) is 9.98 Å². The van der Waals surface area contributed by atoms with Crippen LogP contribution in [0.1, 0.15) is 50.1 Å². The number of aliphatic imine (C=N–C) groups is 1. The molecule has 2 aromatic rings. The maximum Gasteiger partial charge on any atom is 0.326 e. The second-order valence-electron chi connectivity index (χ2n) is 6.21. The van der Waals surface area contributed by atoms with Crippen LogP contribution in [0, 0.1) is 0 Å². The Balaban J connectivity index is 1.87. The maximum atomic E-state index is 12.1. The van der Waals surface area contributed by atoms with E-state index in [4.69, 9.17) is 0 Å². The first kappa shape index (κ1) is 12.6. The number of nitrogens with zero attached hydrogens (tertiary/aromatic N) is 2. The first-order valence-corrected chi connectivity index (χ1v) is 7.57. The van der Waals surface area contributed by atoms with Crippen molar-refractivity contribution >= 4 is 17.1 Å². The van der Waals surface area contributed by atoms with Gasteiger partial charge in [0, 0.05) is 6.04 Å². The minimum absolute atomic E-state index is 0.0380. The van der Waals surface area contributed by atoms with Crippen molar-refractivity contribution in [1.29, 1.82) is 0 Å². The highest BCUT2D eigenvalue weighted by Gasteiger charge is 2.36. The van der Waals surface area contributed by atoms with Crippen LogP contribution in [0.25, 0.3) is 11.0 Å². The molecule has 1 N–H and O–H groups in total. The van der Waals surface area contributed by atoms with E-state index in [0.717, 1.165) is 55.1 Å². The number of H-pyrrole nitrogens is 1. The van der Waals surface area contributed by atoms with Crippen molar-refractivity contribution in [1.82, 2.24) is 9.55 Å². The molecule has 0 spiro atoms. The topological polar surface area (TPSA) is 67.2 Å². The second kappa shape index (κ2) is 4.43. The van der Waals surface area contributed by atoms with Crippen molar-refractivity contribution in [2.24, 2.45) is 4.99 Å². The Kier molecular flexibility index (Phi) is 2.66. The molecular formula is C16H17N3O2. The van der Waals surface area contributed by atoms with Crippen molar-refractivity contribution < 1.29 is 4.79 Å². The van der Waals surface area contributed by atoms with Gasteiger partial charge in [-0.25, -0.2) is 9.59 Å². The predicted octanol–water partition coefficient (Wildman–Crippen LogP) is 2.77. The average Bonchev–Trinajstić information content (AvgIpc) is 3.09. The molecule has 2 aliphatic rings. The monoisotopic (exact) mass is 283 g/mol. The molecule has 108 valence electrons. The molecule has 5 nitrogen and oxygen atoms in total. The third kappa shape index (κ3) is 1.88. The van der Waals surface area contributed by atoms with E-state index in [9.17, 15) is 9.59 Å². The van der Waals surface area contributed by atoms with Gasteiger partial charge in [0.2, 0.25) is 6.08 Å². The number of benzene rings is 1. The fourth-order valence-electron chi connectivity index (χ4n) is 3.63. The van der Waals surface area contributed by atoms with Gasteiger partial charge in [-0.1, -0.05) is 18.9 Å². The fourth-order valence-corrected chi connectivity index (χ4v) is 3.63. The number of hydrogen-bond donors (Lipinski definition) is 1. The molecule has 1 aromatic carbocycles. The number of nitrogens with one attached hydrogen (secondary N) is 1. The van der Waals surface area contributed by atoms with E-state index >= 15 is 0 Å². The third-order valence-electron chi connectivity index (χ3n) is 4.86. The maximum absolute atomic E-state index is 12.1. The Labute approximate surface area is 121 Å². The number of aromatic amines is 1. The first-order chi connectivity index (χ1) is 10.2. The Morgan fingerprint density at radius 2 is 2.05 bits per heavy atom. The van der Waals surface area contributed by atoms with Crippen LogP contribution in [0.2, 0.25) is 0 Å². The van der Waals surface area contributed by atoms with Gasteiger partial charge in [-0.3, -0.25) is 4.57 Å². The van der Waals surface area contributed by atoms with Crippen LogP contribution in [0.4, 0.5) is 0 Å². The summed E-state index contributed by atoms with van der Waals surface area (Å²) in [5.41, 5.74) is 2.34. The third-order valence-corrected chi connectivity index (χ3v) is 4.86. The molecule has 1 heterocycles. The van der Waals surface area contributed by atoms with Gasteiger partial charge >= 0.3 is 5.69 Å². The Bertz CT molecular complexity index is 801. The molecule has 4 rings (SSSR count). The van der Waals surface area contributed by atoms with Gasteiger partial charge in [-0.2, -0.15) is 4.99 Å². The van der Waals surface area contributed by atoms with Crippen molar-refractivity contribution in [2.45, 2.75) is 50.1 Å². The van der Waals surface area contributed by atoms with E-state index < -0.39 is 5.54 Å². The zero-order valence-electron chi connectivity index (χ0n) is 11.8. The van der Waals surface area contributed by atoms with E-state index in [1.54, 1.807) is 6.08 Å². The van der Waals surface area contributed by atoms with Gasteiger partial charge in [0.15, 0.2) is 0 Å². The van der Waals surface area contributed by atoms with Gasteiger partial charge in [-0.15, -0.1) is 0 Å². The summed E-state index contributed by atoms with van der Waals surface area (Å²) in [7, 11) is 0. The number of fused-ring (bicyclic) bond motifs is 1. The van der Waals surface area contributed by atoms with Gasteiger partial charge in [0.05, 0.1) is 16.6 Å². The van der Waals surface area contributed by atoms with Crippen molar-refractivity contribution in [3.63, 3.8) is 0 Å². The molecule has 0 aliphatic heterocycles. The summed E-state index contributed by atoms with van der Waals surface area (Å²) in [5.74, 6) is 0.